The highest BCUT2D eigenvalue weighted by molar-refractivity contribution is 4.85. The minimum Gasteiger partial charge on any atom is -0.333 e. The molecule has 0 spiro atoms. The first-order valence-corrected chi connectivity index (χ1v) is 4.74. The van der Waals surface area contributed by atoms with Crippen molar-refractivity contribution in [3.63, 3.8) is 0 Å². The van der Waals surface area contributed by atoms with Crippen LogP contribution in [-0.2, 0) is 9.47 Å². The fraction of sp³-hybridized carbons (Fsp3) is 1.00. The highest BCUT2D eigenvalue weighted by Crippen LogP contribution is 2.34. The van der Waals surface area contributed by atoms with Gasteiger partial charge in [0.05, 0.1) is 11.2 Å². The topological polar surface area (TPSA) is 21.7 Å². The molecule has 0 unspecified atom stereocenters. The molecule has 1 saturated heterocycles. The van der Waals surface area contributed by atoms with E-state index >= 15 is 0 Å². The van der Waals surface area contributed by atoms with E-state index in [1.807, 2.05) is 19.0 Å². The molecule has 0 aliphatic carbocycles. The lowest BCUT2D eigenvalue weighted by Gasteiger charge is -2.46. The van der Waals surface area contributed by atoms with Gasteiger partial charge < -0.3 is 9.47 Å². The van der Waals surface area contributed by atoms with Gasteiger partial charge in [0.1, 0.15) is 0 Å². The van der Waals surface area contributed by atoms with Gasteiger partial charge in [-0.1, -0.05) is 0 Å². The van der Waals surface area contributed by atoms with E-state index in [1.165, 1.54) is 0 Å². The van der Waals surface area contributed by atoms with Gasteiger partial charge in [0.25, 0.3) is 0 Å². The van der Waals surface area contributed by atoms with Crippen LogP contribution in [0.3, 0.4) is 0 Å². The Hall–Kier alpha value is -0.120. The summed E-state index contributed by atoms with van der Waals surface area (Å²) >= 11 is 0. The zero-order valence-electron chi connectivity index (χ0n) is 9.55. The number of hydrogen-bond acceptors (Lipinski definition) is 3. The van der Waals surface area contributed by atoms with Crippen molar-refractivity contribution in [1.29, 1.82) is 0 Å². The Balaban J connectivity index is 2.72. The van der Waals surface area contributed by atoms with Crippen LogP contribution in [0.15, 0.2) is 0 Å². The van der Waals surface area contributed by atoms with E-state index in [0.717, 1.165) is 6.42 Å². The highest BCUT2D eigenvalue weighted by atomic mass is 16.7. The van der Waals surface area contributed by atoms with E-state index in [9.17, 15) is 0 Å². The van der Waals surface area contributed by atoms with Crippen LogP contribution in [-0.4, -0.2) is 36.6 Å². The molecular formula is C10H21NO2. The lowest BCUT2D eigenvalue weighted by Crippen LogP contribution is -2.53. The van der Waals surface area contributed by atoms with Crippen molar-refractivity contribution in [2.45, 2.75) is 51.7 Å². The van der Waals surface area contributed by atoms with Gasteiger partial charge >= 0.3 is 0 Å². The van der Waals surface area contributed by atoms with Crippen LogP contribution in [0, 0.1) is 0 Å². The average molecular weight is 187 g/mol. The van der Waals surface area contributed by atoms with Crippen LogP contribution in [0.5, 0.6) is 0 Å². The van der Waals surface area contributed by atoms with Crippen molar-refractivity contribution in [2.75, 3.05) is 14.1 Å². The van der Waals surface area contributed by atoms with Crippen LogP contribution in [0.2, 0.25) is 0 Å². The number of nitrogens with zero attached hydrogens (tertiary/aromatic N) is 1. The van der Waals surface area contributed by atoms with E-state index in [-0.39, 0.29) is 17.6 Å². The summed E-state index contributed by atoms with van der Waals surface area (Å²) in [6.45, 7) is 8.42. The van der Waals surface area contributed by atoms with Gasteiger partial charge in [-0.25, -0.2) is 0 Å². The maximum Gasteiger partial charge on any atom is 0.219 e. The van der Waals surface area contributed by atoms with Crippen molar-refractivity contribution in [2.24, 2.45) is 0 Å². The average Bonchev–Trinajstić information content (AvgIpc) is 1.79. The fourth-order valence-electron chi connectivity index (χ4n) is 1.89. The second-order valence-electron chi connectivity index (χ2n) is 5.20. The largest absolute Gasteiger partial charge is 0.333 e. The first-order chi connectivity index (χ1) is 5.72. The van der Waals surface area contributed by atoms with Gasteiger partial charge in [0, 0.05) is 6.42 Å². The summed E-state index contributed by atoms with van der Waals surface area (Å²) in [6.07, 6.45) is 0.698. The van der Waals surface area contributed by atoms with Gasteiger partial charge in [0.2, 0.25) is 6.41 Å². The number of rotatable bonds is 1. The molecule has 0 aromatic carbocycles. The Morgan fingerprint density at radius 3 is 1.69 bits per heavy atom. The zero-order chi connectivity index (χ0) is 10.3. The summed E-state index contributed by atoms with van der Waals surface area (Å²) in [4.78, 5) is 1.95. The third kappa shape index (κ3) is 2.93. The van der Waals surface area contributed by atoms with E-state index in [4.69, 9.17) is 9.47 Å². The van der Waals surface area contributed by atoms with E-state index in [0.29, 0.717) is 0 Å². The quantitative estimate of drug-likeness (QED) is 0.625. The maximum absolute atomic E-state index is 5.77. The molecular weight excluding hydrogens is 166 g/mol. The summed E-state index contributed by atoms with van der Waals surface area (Å²) in [5.74, 6) is 0. The lowest BCUT2D eigenvalue weighted by molar-refractivity contribution is -0.340. The molecule has 13 heavy (non-hydrogen) atoms. The molecule has 3 heteroatoms. The summed E-state index contributed by atoms with van der Waals surface area (Å²) in [7, 11) is 3.92. The van der Waals surface area contributed by atoms with Crippen molar-refractivity contribution < 1.29 is 9.47 Å². The van der Waals surface area contributed by atoms with E-state index in [2.05, 4.69) is 27.7 Å². The molecule has 0 radical (unpaired) electrons. The lowest BCUT2D eigenvalue weighted by atomic mass is 9.91. The monoisotopic (exact) mass is 187 g/mol. The normalized spacial score (nSPS) is 27.9. The van der Waals surface area contributed by atoms with Crippen molar-refractivity contribution in [1.82, 2.24) is 4.90 Å². The Kier molecular flexibility index (Phi) is 2.72. The molecule has 0 bridgehead atoms. The predicted molar refractivity (Wildman–Crippen MR) is 52.4 cm³/mol. The second-order valence-corrected chi connectivity index (χ2v) is 5.20. The van der Waals surface area contributed by atoms with Crippen LogP contribution >= 0.6 is 0 Å². The molecule has 0 N–H and O–H groups in total. The smallest absolute Gasteiger partial charge is 0.219 e. The molecule has 78 valence electrons. The van der Waals surface area contributed by atoms with Gasteiger partial charge in [-0.2, -0.15) is 0 Å². The molecule has 1 fully saturated rings. The maximum atomic E-state index is 5.77. The van der Waals surface area contributed by atoms with Crippen molar-refractivity contribution in [3.05, 3.63) is 0 Å². The molecule has 0 aromatic heterocycles. The van der Waals surface area contributed by atoms with E-state index in [1.54, 1.807) is 0 Å². The molecule has 3 nitrogen and oxygen atoms in total. The molecule has 0 aromatic rings. The Bertz CT molecular complexity index is 171. The van der Waals surface area contributed by atoms with Crippen LogP contribution in [0.1, 0.15) is 34.1 Å². The summed E-state index contributed by atoms with van der Waals surface area (Å²) < 4.78 is 11.5. The van der Waals surface area contributed by atoms with Gasteiger partial charge in [-0.3, -0.25) is 4.90 Å². The Morgan fingerprint density at radius 1 is 1.00 bits per heavy atom. The molecule has 1 aliphatic rings. The van der Waals surface area contributed by atoms with Crippen LogP contribution < -0.4 is 0 Å². The summed E-state index contributed by atoms with van der Waals surface area (Å²) in [6, 6.07) is 0. The van der Waals surface area contributed by atoms with Crippen molar-refractivity contribution in [3.8, 4) is 0 Å². The third-order valence-electron chi connectivity index (χ3n) is 2.11. The first-order valence-electron chi connectivity index (χ1n) is 4.74. The number of hydrogen-bond donors (Lipinski definition) is 0. The molecule has 1 rings (SSSR count). The minimum absolute atomic E-state index is 0.101. The fourth-order valence-corrected chi connectivity index (χ4v) is 1.89. The Labute approximate surface area is 81.0 Å². The SMILES string of the molecule is CN(C)C1OC(C)(C)CC(C)(C)O1. The zero-order valence-corrected chi connectivity index (χ0v) is 9.55. The molecule has 0 saturated carbocycles. The first kappa shape index (κ1) is 11.0. The Morgan fingerprint density at radius 2 is 1.38 bits per heavy atom. The van der Waals surface area contributed by atoms with Crippen LogP contribution in [0.4, 0.5) is 0 Å². The second kappa shape index (κ2) is 3.23. The van der Waals surface area contributed by atoms with E-state index < -0.39 is 0 Å². The molecule has 0 atom stereocenters. The van der Waals surface area contributed by atoms with Gasteiger partial charge in [-0.05, 0) is 41.8 Å². The molecule has 0 amide bonds. The third-order valence-corrected chi connectivity index (χ3v) is 2.11. The molecule has 1 aliphatic heterocycles. The van der Waals surface area contributed by atoms with Crippen molar-refractivity contribution >= 4 is 0 Å². The minimum atomic E-state index is -0.223. The van der Waals surface area contributed by atoms with Gasteiger partial charge in [0.15, 0.2) is 0 Å². The predicted octanol–water partition coefficient (Wildman–Crippen LogP) is 1.83. The molecule has 1 heterocycles. The summed E-state index contributed by atoms with van der Waals surface area (Å²) in [5, 5.41) is 0. The number of ether oxygens (including phenoxy) is 2. The highest BCUT2D eigenvalue weighted by Gasteiger charge is 2.40. The summed E-state index contributed by atoms with van der Waals surface area (Å²) in [5.41, 5.74) is -0.201. The van der Waals surface area contributed by atoms with Gasteiger partial charge in [-0.15, -0.1) is 0 Å². The van der Waals surface area contributed by atoms with Crippen LogP contribution in [0.25, 0.3) is 0 Å². The standard InChI is InChI=1S/C10H21NO2/c1-9(2)7-10(3,4)13-8(12-9)11(5)6/h8H,7H2,1-6H3.